The molecule has 3 aromatic heterocycles. The maximum absolute atomic E-state index is 12.5. The van der Waals surface area contributed by atoms with E-state index in [0.717, 1.165) is 5.56 Å². The van der Waals surface area contributed by atoms with Crippen LogP contribution in [0.2, 0.25) is 0 Å². The van der Waals surface area contributed by atoms with Crippen molar-refractivity contribution in [2.45, 2.75) is 6.42 Å². The van der Waals surface area contributed by atoms with E-state index >= 15 is 0 Å². The fraction of sp³-hybridized carbons (Fsp3) is 0.0556. The number of pyridine rings is 1. The minimum Gasteiger partial charge on any atom is -0.493 e. The van der Waals surface area contributed by atoms with Crippen LogP contribution in [0.15, 0.2) is 65.7 Å². The molecule has 0 fully saturated rings. The minimum atomic E-state index is -0.332. The Bertz CT molecular complexity index is 1050. The lowest BCUT2D eigenvalue weighted by Crippen LogP contribution is -2.16. The summed E-state index contributed by atoms with van der Waals surface area (Å²) in [6.45, 7) is 0. The van der Waals surface area contributed by atoms with Gasteiger partial charge < -0.3 is 10.1 Å². The van der Waals surface area contributed by atoms with Gasteiger partial charge in [0.1, 0.15) is 5.65 Å². The Labute approximate surface area is 137 Å². The molecule has 3 heterocycles. The average Bonchev–Trinajstić information content (AvgIpc) is 3.04. The monoisotopic (exact) mass is 318 g/mol. The number of aromatic nitrogens is 4. The highest BCUT2D eigenvalue weighted by Gasteiger charge is 2.17. The van der Waals surface area contributed by atoms with Gasteiger partial charge in [0, 0.05) is 12.6 Å². The van der Waals surface area contributed by atoms with E-state index in [9.17, 15) is 9.90 Å². The van der Waals surface area contributed by atoms with Crippen molar-refractivity contribution in [3.63, 3.8) is 0 Å². The predicted octanol–water partition coefficient (Wildman–Crippen LogP) is 2.38. The van der Waals surface area contributed by atoms with Gasteiger partial charge in [0.05, 0.1) is 23.0 Å². The summed E-state index contributed by atoms with van der Waals surface area (Å²) in [5.74, 6) is -0.153. The second-order valence-corrected chi connectivity index (χ2v) is 5.45. The topological polar surface area (TPSA) is 83.3 Å². The molecule has 0 spiro atoms. The summed E-state index contributed by atoms with van der Waals surface area (Å²) in [5.41, 5.74) is 2.65. The Hall–Kier alpha value is -3.41. The third kappa shape index (κ3) is 2.34. The minimum absolute atomic E-state index is 0.153. The molecule has 0 aliphatic rings. The van der Waals surface area contributed by atoms with Gasteiger partial charge >= 0.3 is 0 Å². The van der Waals surface area contributed by atoms with E-state index in [2.05, 4.69) is 15.1 Å². The zero-order chi connectivity index (χ0) is 16.5. The molecule has 1 aromatic carbocycles. The fourth-order valence-corrected chi connectivity index (χ4v) is 2.71. The van der Waals surface area contributed by atoms with Crippen LogP contribution in [0.25, 0.3) is 16.9 Å². The molecule has 4 aromatic rings. The summed E-state index contributed by atoms with van der Waals surface area (Å²) in [6.07, 6.45) is 3.58. The highest BCUT2D eigenvalue weighted by atomic mass is 16.3. The number of hydrogen-bond acceptors (Lipinski definition) is 4. The molecule has 0 saturated heterocycles. The van der Waals surface area contributed by atoms with Gasteiger partial charge in [-0.05, 0) is 17.7 Å². The molecular weight excluding hydrogens is 304 g/mol. The van der Waals surface area contributed by atoms with E-state index in [1.54, 1.807) is 12.4 Å². The van der Waals surface area contributed by atoms with Gasteiger partial charge in [0.15, 0.2) is 0 Å². The average molecular weight is 318 g/mol. The number of aromatic hydroxyl groups is 1. The Morgan fingerprint density at radius 3 is 2.62 bits per heavy atom. The van der Waals surface area contributed by atoms with Gasteiger partial charge in [-0.15, -0.1) is 0 Å². The first kappa shape index (κ1) is 14.2. The number of hydrogen-bond donors (Lipinski definition) is 2. The molecule has 6 nitrogen and oxygen atoms in total. The molecule has 2 N–H and O–H groups in total. The molecule has 24 heavy (non-hydrogen) atoms. The summed E-state index contributed by atoms with van der Waals surface area (Å²) in [4.78, 5) is 19.5. The highest BCUT2D eigenvalue weighted by Crippen LogP contribution is 2.24. The number of fused-ring (bicyclic) bond motifs is 1. The van der Waals surface area contributed by atoms with Gasteiger partial charge in [-0.3, -0.25) is 9.78 Å². The lowest BCUT2D eigenvalue weighted by atomic mass is 10.1. The Morgan fingerprint density at radius 2 is 1.88 bits per heavy atom. The van der Waals surface area contributed by atoms with Crippen LogP contribution in [0.4, 0.5) is 0 Å². The molecule has 6 heteroatoms. The van der Waals surface area contributed by atoms with Crippen LogP contribution in [0.1, 0.15) is 11.1 Å². The molecular formula is C18H14N4O2. The lowest BCUT2D eigenvalue weighted by Gasteiger charge is -2.06. The van der Waals surface area contributed by atoms with Crippen LogP contribution in [0, 0.1) is 0 Å². The lowest BCUT2D eigenvalue weighted by molar-refractivity contribution is 0.428. The van der Waals surface area contributed by atoms with E-state index in [0.29, 0.717) is 23.3 Å². The van der Waals surface area contributed by atoms with Crippen LogP contribution in [0.5, 0.6) is 5.88 Å². The number of nitrogens with zero attached hydrogens (tertiary/aromatic N) is 3. The predicted molar refractivity (Wildman–Crippen MR) is 90.0 cm³/mol. The van der Waals surface area contributed by atoms with Crippen molar-refractivity contribution in [3.8, 4) is 17.1 Å². The molecule has 0 aliphatic heterocycles. The first-order valence-corrected chi connectivity index (χ1v) is 7.51. The molecule has 4 rings (SSSR count). The van der Waals surface area contributed by atoms with Crippen molar-refractivity contribution in [3.05, 3.63) is 82.4 Å². The second-order valence-electron chi connectivity index (χ2n) is 5.45. The Balaban J connectivity index is 1.86. The first-order valence-electron chi connectivity index (χ1n) is 7.51. The number of aromatic amines is 1. The van der Waals surface area contributed by atoms with Gasteiger partial charge in [-0.1, -0.05) is 36.4 Å². The Morgan fingerprint density at radius 1 is 1.08 bits per heavy atom. The van der Waals surface area contributed by atoms with E-state index in [1.807, 2.05) is 48.5 Å². The van der Waals surface area contributed by atoms with Crippen LogP contribution in [-0.4, -0.2) is 24.7 Å². The maximum atomic E-state index is 12.5. The number of rotatable bonds is 3. The third-order valence-electron chi connectivity index (χ3n) is 3.91. The fourth-order valence-electron chi connectivity index (χ4n) is 2.71. The Kier molecular flexibility index (Phi) is 3.35. The van der Waals surface area contributed by atoms with Crippen LogP contribution < -0.4 is 5.56 Å². The van der Waals surface area contributed by atoms with E-state index in [1.165, 1.54) is 4.52 Å². The number of H-pyrrole nitrogens is 1. The molecule has 0 atom stereocenters. The normalized spacial score (nSPS) is 11.0. The van der Waals surface area contributed by atoms with Crippen molar-refractivity contribution >= 4 is 5.65 Å². The number of nitrogens with one attached hydrogen (secondary N) is 1. The zero-order valence-electron chi connectivity index (χ0n) is 12.7. The number of benzene rings is 1. The van der Waals surface area contributed by atoms with Crippen LogP contribution in [-0.2, 0) is 6.42 Å². The smallest absolute Gasteiger partial charge is 0.258 e. The molecule has 0 radical (unpaired) electrons. The van der Waals surface area contributed by atoms with Gasteiger partial charge in [0.2, 0.25) is 5.88 Å². The molecule has 0 bridgehead atoms. The van der Waals surface area contributed by atoms with Crippen molar-refractivity contribution in [1.29, 1.82) is 0 Å². The summed E-state index contributed by atoms with van der Waals surface area (Å²) in [6, 6.07) is 15.0. The van der Waals surface area contributed by atoms with Crippen LogP contribution in [0.3, 0.4) is 0 Å². The van der Waals surface area contributed by atoms with Crippen molar-refractivity contribution in [2.24, 2.45) is 0 Å². The van der Waals surface area contributed by atoms with Crippen molar-refractivity contribution < 1.29 is 5.11 Å². The molecule has 0 amide bonds. The quantitative estimate of drug-likeness (QED) is 0.607. The highest BCUT2D eigenvalue weighted by molar-refractivity contribution is 5.74. The largest absolute Gasteiger partial charge is 0.493 e. The van der Waals surface area contributed by atoms with E-state index < -0.39 is 0 Å². The zero-order valence-corrected chi connectivity index (χ0v) is 12.7. The summed E-state index contributed by atoms with van der Waals surface area (Å²) in [5, 5.41) is 14.7. The molecule has 118 valence electrons. The summed E-state index contributed by atoms with van der Waals surface area (Å²) in [7, 11) is 0. The van der Waals surface area contributed by atoms with Gasteiger partial charge in [-0.2, -0.15) is 9.61 Å². The summed E-state index contributed by atoms with van der Waals surface area (Å²) < 4.78 is 1.34. The van der Waals surface area contributed by atoms with E-state index in [4.69, 9.17) is 0 Å². The molecule has 0 aliphatic carbocycles. The maximum Gasteiger partial charge on any atom is 0.258 e. The SMILES string of the molecule is O=c1[nH]c2c(-c3ccccn3)cnn2c(O)c1Cc1ccccc1. The molecule has 0 saturated carbocycles. The second kappa shape index (κ2) is 5.66. The van der Waals surface area contributed by atoms with Gasteiger partial charge in [0.25, 0.3) is 5.56 Å². The first-order chi connectivity index (χ1) is 11.7. The van der Waals surface area contributed by atoms with Crippen molar-refractivity contribution in [2.75, 3.05) is 0 Å². The van der Waals surface area contributed by atoms with Gasteiger partial charge in [-0.25, -0.2) is 0 Å². The standard InChI is InChI=1S/C18H14N4O2/c23-17-13(10-12-6-2-1-3-7-12)18(24)22-16(21-17)14(11-20-22)15-8-4-5-9-19-15/h1-9,11,24H,10H2,(H,21,23). The summed E-state index contributed by atoms with van der Waals surface area (Å²) >= 11 is 0. The third-order valence-corrected chi connectivity index (χ3v) is 3.91. The van der Waals surface area contributed by atoms with E-state index in [-0.39, 0.29) is 17.0 Å². The molecule has 0 unspecified atom stereocenters. The van der Waals surface area contributed by atoms with Crippen molar-refractivity contribution in [1.82, 2.24) is 19.6 Å². The van der Waals surface area contributed by atoms with Crippen LogP contribution >= 0.6 is 0 Å².